The molecule has 0 radical (unpaired) electrons. The molecule has 0 aliphatic carbocycles. The molecule has 2 aliphatic rings. The van der Waals surface area contributed by atoms with Gasteiger partial charge in [-0.2, -0.15) is 13.2 Å². The minimum absolute atomic E-state index is 0.226. The van der Waals surface area contributed by atoms with E-state index >= 15 is 0 Å². The zero-order valence-corrected chi connectivity index (χ0v) is 19.8. The number of aromatic nitrogens is 2. The molecule has 2 aromatic carbocycles. The molecule has 2 aliphatic heterocycles. The van der Waals surface area contributed by atoms with Gasteiger partial charge in [0, 0.05) is 23.8 Å². The topological polar surface area (TPSA) is 91.9 Å². The Balaban J connectivity index is 1.04. The highest BCUT2D eigenvalue weighted by atomic mass is 19.4. The Hall–Kier alpha value is -3.96. The van der Waals surface area contributed by atoms with Gasteiger partial charge in [0.25, 0.3) is 0 Å². The zero-order valence-electron chi connectivity index (χ0n) is 19.8. The van der Waals surface area contributed by atoms with Gasteiger partial charge in [0.1, 0.15) is 24.3 Å². The first-order valence-electron chi connectivity index (χ1n) is 11.9. The number of imidazole rings is 1. The Bertz CT molecular complexity index is 1200. The SMILES string of the molecule is O=[N+]([O-])c1cn2c(n1)OC(COc1ccc(N3CCC(COc4ccc(C(F)(F)F)cc4)CC3)cc1)C2. The first-order chi connectivity index (χ1) is 17.7. The maximum Gasteiger partial charge on any atom is 0.416 e. The quantitative estimate of drug-likeness (QED) is 0.308. The summed E-state index contributed by atoms with van der Waals surface area (Å²) in [6, 6.07) is 12.8. The Morgan fingerprint density at radius 1 is 1.00 bits per heavy atom. The van der Waals surface area contributed by atoms with E-state index in [0.717, 1.165) is 43.8 Å². The summed E-state index contributed by atoms with van der Waals surface area (Å²) in [5.74, 6) is 1.24. The molecule has 1 unspecified atom stereocenters. The highest BCUT2D eigenvalue weighted by Crippen LogP contribution is 2.31. The Morgan fingerprint density at radius 3 is 2.22 bits per heavy atom. The fourth-order valence-corrected chi connectivity index (χ4v) is 4.45. The fourth-order valence-electron chi connectivity index (χ4n) is 4.45. The van der Waals surface area contributed by atoms with Gasteiger partial charge in [0.2, 0.25) is 0 Å². The first-order valence-corrected chi connectivity index (χ1v) is 11.9. The van der Waals surface area contributed by atoms with Crippen molar-refractivity contribution < 1.29 is 32.3 Å². The van der Waals surface area contributed by atoms with Gasteiger partial charge < -0.3 is 29.2 Å². The maximum absolute atomic E-state index is 12.7. The predicted molar refractivity (Wildman–Crippen MR) is 127 cm³/mol. The molecule has 0 amide bonds. The van der Waals surface area contributed by atoms with Crippen LogP contribution in [0.1, 0.15) is 18.4 Å². The van der Waals surface area contributed by atoms with Crippen LogP contribution < -0.4 is 19.1 Å². The van der Waals surface area contributed by atoms with Crippen molar-refractivity contribution in [1.29, 1.82) is 0 Å². The van der Waals surface area contributed by atoms with Crippen LogP contribution in [-0.2, 0) is 12.7 Å². The molecule has 5 rings (SSSR count). The lowest BCUT2D eigenvalue weighted by molar-refractivity contribution is -0.389. The van der Waals surface area contributed by atoms with Crippen molar-refractivity contribution >= 4 is 11.5 Å². The molecule has 0 bridgehead atoms. The molecule has 12 heteroatoms. The smallest absolute Gasteiger partial charge is 0.416 e. The summed E-state index contributed by atoms with van der Waals surface area (Å²) in [5, 5.41) is 10.8. The van der Waals surface area contributed by atoms with E-state index in [1.54, 1.807) is 4.57 Å². The van der Waals surface area contributed by atoms with Crippen LogP contribution in [0.3, 0.4) is 0 Å². The number of hydrogen-bond acceptors (Lipinski definition) is 7. The summed E-state index contributed by atoms with van der Waals surface area (Å²) in [5.41, 5.74) is 0.399. The van der Waals surface area contributed by atoms with Crippen molar-refractivity contribution in [2.45, 2.75) is 31.7 Å². The molecule has 1 fully saturated rings. The molecule has 37 heavy (non-hydrogen) atoms. The van der Waals surface area contributed by atoms with Gasteiger partial charge in [-0.3, -0.25) is 4.57 Å². The fraction of sp³-hybridized carbons (Fsp3) is 0.400. The summed E-state index contributed by atoms with van der Waals surface area (Å²) < 4.78 is 56.8. The van der Waals surface area contributed by atoms with Crippen LogP contribution in [0.5, 0.6) is 17.5 Å². The molecule has 1 saturated heterocycles. The van der Waals surface area contributed by atoms with Crippen molar-refractivity contribution in [3.05, 3.63) is 70.4 Å². The molecule has 1 aromatic heterocycles. The van der Waals surface area contributed by atoms with Crippen LogP contribution in [0.25, 0.3) is 0 Å². The number of alkyl halides is 3. The van der Waals surface area contributed by atoms with E-state index in [2.05, 4.69) is 9.88 Å². The van der Waals surface area contributed by atoms with E-state index in [4.69, 9.17) is 14.2 Å². The van der Waals surface area contributed by atoms with Crippen molar-refractivity contribution in [3.8, 4) is 17.5 Å². The Labute approximate surface area is 210 Å². The molecule has 1 atom stereocenters. The summed E-state index contributed by atoms with van der Waals surface area (Å²) >= 11 is 0. The van der Waals surface area contributed by atoms with Crippen molar-refractivity contribution in [2.24, 2.45) is 5.92 Å². The molecule has 9 nitrogen and oxygen atoms in total. The lowest BCUT2D eigenvalue weighted by Crippen LogP contribution is -2.35. The second-order valence-electron chi connectivity index (χ2n) is 9.10. The van der Waals surface area contributed by atoms with Gasteiger partial charge in [-0.05, 0) is 72.2 Å². The lowest BCUT2D eigenvalue weighted by Gasteiger charge is -2.33. The Morgan fingerprint density at radius 2 is 1.62 bits per heavy atom. The summed E-state index contributed by atoms with van der Waals surface area (Å²) in [6.45, 7) is 2.92. The van der Waals surface area contributed by atoms with E-state index in [1.165, 1.54) is 18.3 Å². The minimum atomic E-state index is -4.35. The molecular weight excluding hydrogens is 493 g/mol. The number of halogens is 3. The monoisotopic (exact) mass is 518 g/mol. The number of hydrogen-bond donors (Lipinski definition) is 0. The number of fused-ring (bicyclic) bond motifs is 1. The second kappa shape index (κ2) is 10.2. The number of anilines is 1. The molecule has 0 N–H and O–H groups in total. The molecule has 0 saturated carbocycles. The molecule has 0 spiro atoms. The van der Waals surface area contributed by atoms with Gasteiger partial charge in [0.05, 0.1) is 18.7 Å². The average Bonchev–Trinajstić information content (AvgIpc) is 3.46. The van der Waals surface area contributed by atoms with E-state index in [0.29, 0.717) is 37.2 Å². The van der Waals surface area contributed by atoms with Crippen LogP contribution in [0.4, 0.5) is 24.7 Å². The van der Waals surface area contributed by atoms with Gasteiger partial charge in [0.15, 0.2) is 6.10 Å². The van der Waals surface area contributed by atoms with Crippen molar-refractivity contribution in [1.82, 2.24) is 9.55 Å². The van der Waals surface area contributed by atoms with Crippen LogP contribution >= 0.6 is 0 Å². The third-order valence-electron chi connectivity index (χ3n) is 6.51. The Kier molecular flexibility index (Phi) is 6.81. The van der Waals surface area contributed by atoms with Gasteiger partial charge in [-0.25, -0.2) is 0 Å². The van der Waals surface area contributed by atoms with Gasteiger partial charge >= 0.3 is 18.0 Å². The zero-order chi connectivity index (χ0) is 26.0. The van der Waals surface area contributed by atoms with E-state index in [9.17, 15) is 23.3 Å². The summed E-state index contributed by atoms with van der Waals surface area (Å²) in [6.07, 6.45) is -1.42. The van der Waals surface area contributed by atoms with Crippen LogP contribution in [0.15, 0.2) is 54.7 Å². The summed E-state index contributed by atoms with van der Waals surface area (Å²) in [4.78, 5) is 16.4. The van der Waals surface area contributed by atoms with Crippen LogP contribution in [0.2, 0.25) is 0 Å². The molecule has 3 heterocycles. The molecular formula is C25H25F3N4O5. The largest absolute Gasteiger partial charge is 0.493 e. The van der Waals surface area contributed by atoms with Crippen molar-refractivity contribution in [2.75, 3.05) is 31.2 Å². The van der Waals surface area contributed by atoms with Gasteiger partial charge in [-0.1, -0.05) is 0 Å². The highest BCUT2D eigenvalue weighted by Gasteiger charge is 2.32. The third kappa shape index (κ3) is 5.89. The van der Waals surface area contributed by atoms with E-state index in [-0.39, 0.29) is 17.9 Å². The normalized spacial score (nSPS) is 17.8. The standard InChI is InChI=1S/C25H25F3N4O5/c26-25(27,28)18-1-5-20(6-2-18)35-15-17-9-11-30(12-10-17)19-3-7-21(8-4-19)36-16-22-13-31-14-23(32(33)34)29-24(31)37-22/h1-8,14,17,22H,9-13,15-16H2. The number of rotatable bonds is 8. The highest BCUT2D eigenvalue weighted by molar-refractivity contribution is 5.49. The average molecular weight is 518 g/mol. The summed E-state index contributed by atoms with van der Waals surface area (Å²) in [7, 11) is 0. The van der Waals surface area contributed by atoms with Crippen LogP contribution in [-0.4, -0.2) is 46.9 Å². The van der Waals surface area contributed by atoms with E-state index < -0.39 is 16.7 Å². The number of nitro groups is 1. The maximum atomic E-state index is 12.7. The van der Waals surface area contributed by atoms with Gasteiger partial charge in [-0.15, -0.1) is 0 Å². The third-order valence-corrected chi connectivity index (χ3v) is 6.51. The number of benzene rings is 2. The van der Waals surface area contributed by atoms with Crippen LogP contribution in [0, 0.1) is 16.0 Å². The minimum Gasteiger partial charge on any atom is -0.493 e. The first kappa shape index (κ1) is 24.7. The second-order valence-corrected chi connectivity index (χ2v) is 9.10. The molecule has 3 aromatic rings. The molecule has 196 valence electrons. The number of ether oxygens (including phenoxy) is 3. The number of nitrogens with zero attached hydrogens (tertiary/aromatic N) is 4. The van der Waals surface area contributed by atoms with E-state index in [1.807, 2.05) is 24.3 Å². The van der Waals surface area contributed by atoms with Crippen molar-refractivity contribution in [3.63, 3.8) is 0 Å². The predicted octanol–water partition coefficient (Wildman–Crippen LogP) is 4.95. The number of piperidine rings is 1. The lowest BCUT2D eigenvalue weighted by atomic mass is 9.97.